The molecule has 0 spiro atoms. The molecule has 1 aromatic heterocycles. The second kappa shape index (κ2) is 20.9. The van der Waals surface area contributed by atoms with Crippen molar-refractivity contribution in [3.05, 3.63) is 352 Å². The minimum absolute atomic E-state index is 0.130. The van der Waals surface area contributed by atoms with Gasteiger partial charge in [-0.15, -0.1) is 0 Å². The Morgan fingerprint density at radius 2 is 0.716 bits per heavy atom. The maximum Gasteiger partial charge on any atom is 0.194 e. The van der Waals surface area contributed by atoms with Crippen molar-refractivity contribution in [3.63, 3.8) is 0 Å². The van der Waals surface area contributed by atoms with Gasteiger partial charge in [-0.25, -0.2) is 26.3 Å². The SMILES string of the molecule is C=Cc1ccc(Oc2ccc(C3(c4ccc(F)c(F)c4F)c4ccccc4-c4ccc(N(c5ccc6c(c5)C(c5ccc(Oc7ccc(C=C)cc7)cc5)(c5ccc(F)c(F)c5F)c5ccccc5-6)c5ccc6c(c5)oc5ccccc56)cc43)cc2)cc1. The number of benzene rings is 12. The Morgan fingerprint density at radius 1 is 0.330 bits per heavy atom. The summed E-state index contributed by atoms with van der Waals surface area (Å²) in [6.45, 7) is 7.70. The smallest absolute Gasteiger partial charge is 0.194 e. The number of ether oxygens (including phenoxy) is 2. The normalized spacial score (nSPS) is 15.3. The highest BCUT2D eigenvalue weighted by Crippen LogP contribution is 2.61. The molecule has 0 saturated heterocycles. The van der Waals surface area contributed by atoms with E-state index in [9.17, 15) is 0 Å². The number of hydrogen-bond donors (Lipinski definition) is 0. The van der Waals surface area contributed by atoms with E-state index in [2.05, 4.69) is 13.2 Å². The zero-order valence-corrected chi connectivity index (χ0v) is 46.7. The molecule has 0 bridgehead atoms. The first-order valence-corrected chi connectivity index (χ1v) is 28.5. The Morgan fingerprint density at radius 3 is 1.18 bits per heavy atom. The lowest BCUT2D eigenvalue weighted by atomic mass is 9.67. The monoisotopic (exact) mass is 1160 g/mol. The predicted octanol–water partition coefficient (Wildman–Crippen LogP) is 21.5. The highest BCUT2D eigenvalue weighted by atomic mass is 19.2. The predicted molar refractivity (Wildman–Crippen MR) is 336 cm³/mol. The second-order valence-electron chi connectivity index (χ2n) is 21.9. The van der Waals surface area contributed by atoms with Gasteiger partial charge in [0, 0.05) is 45.0 Å². The van der Waals surface area contributed by atoms with E-state index < -0.39 is 45.7 Å². The summed E-state index contributed by atoms with van der Waals surface area (Å²) in [5.41, 5.74) is 7.53. The summed E-state index contributed by atoms with van der Waals surface area (Å²) in [5.74, 6) is -6.56. The van der Waals surface area contributed by atoms with Crippen molar-refractivity contribution in [2.24, 2.45) is 0 Å². The van der Waals surface area contributed by atoms with E-state index in [4.69, 9.17) is 13.9 Å². The molecule has 2 atom stereocenters. The fourth-order valence-corrected chi connectivity index (χ4v) is 13.4. The standard InChI is InChI=1S/C78H47F6NO3/c1-3-46-17-28-53(29-18-46)86-55-32-21-48(22-33-55)77(65-39-41-69(79)75(83)73(65)81)63-14-8-5-11-57(63)59-36-25-50(43-67(59)77)85(52-27-38-62-61-13-7-10-16-71(61)88-72(62)45-52)51-26-37-60-58-12-6-9-15-64(58)78(68(60)44-51,66-40-42-70(80)76(84)74(66)82)49-23-34-56(35-24-49)87-54-30-19-47(4-2)20-31-54/h3-45H,1-2H2. The lowest BCUT2D eigenvalue weighted by molar-refractivity contribution is 0.435. The third kappa shape index (κ3) is 8.23. The van der Waals surface area contributed by atoms with Crippen molar-refractivity contribution in [1.82, 2.24) is 0 Å². The van der Waals surface area contributed by atoms with Crippen LogP contribution in [0.15, 0.2) is 266 Å². The highest BCUT2D eigenvalue weighted by Gasteiger charge is 2.51. The summed E-state index contributed by atoms with van der Waals surface area (Å²) in [6.07, 6.45) is 3.47. The molecule has 12 aromatic carbocycles. The van der Waals surface area contributed by atoms with Crippen LogP contribution in [0.3, 0.4) is 0 Å². The number of furan rings is 1. The summed E-state index contributed by atoms with van der Waals surface area (Å²) in [4.78, 5) is 2.00. The van der Waals surface area contributed by atoms with E-state index in [1.54, 1.807) is 36.4 Å². The molecule has 2 unspecified atom stereocenters. The summed E-state index contributed by atoms with van der Waals surface area (Å²) in [7, 11) is 0. The molecule has 88 heavy (non-hydrogen) atoms. The molecule has 15 rings (SSSR count). The molecule has 0 amide bonds. The third-order valence-electron chi connectivity index (χ3n) is 17.3. The number of para-hydroxylation sites is 1. The van der Waals surface area contributed by atoms with Crippen molar-refractivity contribution >= 4 is 51.2 Å². The summed E-state index contributed by atoms with van der Waals surface area (Å²) < 4.78 is 117. The molecule has 0 fully saturated rings. The maximum absolute atomic E-state index is 17.4. The van der Waals surface area contributed by atoms with Gasteiger partial charge in [0.25, 0.3) is 0 Å². The van der Waals surface area contributed by atoms with Crippen LogP contribution in [0.4, 0.5) is 43.4 Å². The molecular formula is C78H47F6NO3. The van der Waals surface area contributed by atoms with Crippen molar-refractivity contribution in [3.8, 4) is 45.3 Å². The van der Waals surface area contributed by atoms with E-state index in [1.807, 2.05) is 205 Å². The van der Waals surface area contributed by atoms with Gasteiger partial charge >= 0.3 is 0 Å². The average Bonchev–Trinajstić information content (AvgIpc) is 1.53. The van der Waals surface area contributed by atoms with Crippen LogP contribution < -0.4 is 14.4 Å². The number of rotatable bonds is 13. The van der Waals surface area contributed by atoms with Crippen molar-refractivity contribution < 1.29 is 40.2 Å². The highest BCUT2D eigenvalue weighted by molar-refractivity contribution is 6.06. The molecule has 424 valence electrons. The van der Waals surface area contributed by atoms with Crippen LogP contribution in [-0.4, -0.2) is 0 Å². The van der Waals surface area contributed by atoms with Gasteiger partial charge in [0.1, 0.15) is 34.2 Å². The number of fused-ring (bicyclic) bond motifs is 9. The number of hydrogen-bond acceptors (Lipinski definition) is 4. The molecule has 0 aliphatic heterocycles. The molecule has 0 saturated carbocycles. The quantitative estimate of drug-likeness (QED) is 0.0851. The minimum atomic E-state index is -1.62. The van der Waals surface area contributed by atoms with E-state index in [0.717, 1.165) is 45.2 Å². The Bertz CT molecular complexity index is 4720. The van der Waals surface area contributed by atoms with Gasteiger partial charge in [0.05, 0.1) is 10.8 Å². The topological polar surface area (TPSA) is 34.8 Å². The fraction of sp³-hybridized carbons (Fsp3) is 0.0256. The molecule has 13 aromatic rings. The maximum atomic E-state index is 17.4. The number of anilines is 3. The van der Waals surface area contributed by atoms with Gasteiger partial charge in [-0.05, 0) is 170 Å². The molecule has 2 aliphatic rings. The second-order valence-corrected chi connectivity index (χ2v) is 21.9. The van der Waals surface area contributed by atoms with Gasteiger partial charge in [-0.2, -0.15) is 0 Å². The average molecular weight is 1160 g/mol. The number of nitrogens with zero attached hydrogens (tertiary/aromatic N) is 1. The molecule has 0 radical (unpaired) electrons. The Labute approximate surface area is 502 Å². The van der Waals surface area contributed by atoms with Crippen LogP contribution in [0.5, 0.6) is 23.0 Å². The van der Waals surface area contributed by atoms with Gasteiger partial charge < -0.3 is 18.8 Å². The van der Waals surface area contributed by atoms with Crippen molar-refractivity contribution in [1.29, 1.82) is 0 Å². The fourth-order valence-electron chi connectivity index (χ4n) is 13.4. The van der Waals surface area contributed by atoms with Crippen LogP contribution in [0.2, 0.25) is 0 Å². The number of halogens is 6. The molecule has 0 N–H and O–H groups in total. The summed E-state index contributed by atoms with van der Waals surface area (Å²) in [6, 6.07) is 74.0. The van der Waals surface area contributed by atoms with Gasteiger partial charge in [-0.3, -0.25) is 0 Å². The van der Waals surface area contributed by atoms with Crippen LogP contribution in [0.25, 0.3) is 56.3 Å². The van der Waals surface area contributed by atoms with Crippen LogP contribution in [-0.2, 0) is 10.8 Å². The lowest BCUT2D eigenvalue weighted by Gasteiger charge is -2.36. The zero-order chi connectivity index (χ0) is 60.0. The van der Waals surface area contributed by atoms with E-state index >= 15 is 26.3 Å². The summed E-state index contributed by atoms with van der Waals surface area (Å²) >= 11 is 0. The van der Waals surface area contributed by atoms with Crippen molar-refractivity contribution in [2.45, 2.75) is 10.8 Å². The first-order valence-electron chi connectivity index (χ1n) is 28.5. The summed E-state index contributed by atoms with van der Waals surface area (Å²) in [5, 5.41) is 1.76. The van der Waals surface area contributed by atoms with E-state index in [0.29, 0.717) is 95.7 Å². The van der Waals surface area contributed by atoms with E-state index in [-0.39, 0.29) is 11.1 Å². The third-order valence-corrected chi connectivity index (χ3v) is 17.3. The van der Waals surface area contributed by atoms with Crippen LogP contribution >= 0.6 is 0 Å². The first-order chi connectivity index (χ1) is 43.0. The minimum Gasteiger partial charge on any atom is -0.457 e. The van der Waals surface area contributed by atoms with Crippen LogP contribution in [0, 0.1) is 34.9 Å². The van der Waals surface area contributed by atoms with Gasteiger partial charge in [0.2, 0.25) is 0 Å². The molecule has 2 aliphatic carbocycles. The van der Waals surface area contributed by atoms with Crippen LogP contribution in [0.1, 0.15) is 55.6 Å². The van der Waals surface area contributed by atoms with Crippen molar-refractivity contribution in [2.75, 3.05) is 4.90 Å². The van der Waals surface area contributed by atoms with Gasteiger partial charge in [-0.1, -0.05) is 165 Å². The molecule has 10 heteroatoms. The van der Waals surface area contributed by atoms with Gasteiger partial charge in [0.15, 0.2) is 34.9 Å². The molecule has 4 nitrogen and oxygen atoms in total. The molecule has 1 heterocycles. The Hall–Kier alpha value is -11.1. The zero-order valence-electron chi connectivity index (χ0n) is 46.7. The molecular weight excluding hydrogens is 1110 g/mol. The Balaban J connectivity index is 0.970. The van der Waals surface area contributed by atoms with E-state index in [1.165, 1.54) is 12.1 Å². The largest absolute Gasteiger partial charge is 0.457 e. The Kier molecular flexibility index (Phi) is 12.7. The lowest BCUT2D eigenvalue weighted by Crippen LogP contribution is -2.31. The first kappa shape index (κ1) is 53.6.